The molecule has 4 rings (SSSR count). The Morgan fingerprint density at radius 1 is 1.25 bits per heavy atom. The van der Waals surface area contributed by atoms with E-state index in [1.54, 1.807) is 10.9 Å². The van der Waals surface area contributed by atoms with Gasteiger partial charge in [0.05, 0.1) is 42.3 Å². The van der Waals surface area contributed by atoms with Gasteiger partial charge in [0.15, 0.2) is 0 Å². The first kappa shape index (κ1) is 18.4. The lowest BCUT2D eigenvalue weighted by atomic mass is 10.2. The first-order valence-corrected chi connectivity index (χ1v) is 9.74. The molecule has 0 aliphatic carbocycles. The Bertz CT molecular complexity index is 947. The van der Waals surface area contributed by atoms with Crippen LogP contribution in [0.3, 0.4) is 0 Å². The lowest BCUT2D eigenvalue weighted by Gasteiger charge is -2.19. The summed E-state index contributed by atoms with van der Waals surface area (Å²) >= 11 is 0. The molecule has 1 amide bonds. The number of nitrogens with zero attached hydrogens (tertiary/aromatic N) is 5. The Morgan fingerprint density at radius 3 is 2.86 bits per heavy atom. The monoisotopic (exact) mass is 379 g/mol. The van der Waals surface area contributed by atoms with Gasteiger partial charge in [0.25, 0.3) is 5.91 Å². The van der Waals surface area contributed by atoms with Crippen LogP contribution in [0.4, 0.5) is 0 Å². The van der Waals surface area contributed by atoms with Gasteiger partial charge in [0, 0.05) is 19.3 Å². The topological polar surface area (TPSA) is 76.2 Å². The van der Waals surface area contributed by atoms with Crippen molar-refractivity contribution in [3.8, 4) is 0 Å². The summed E-state index contributed by atoms with van der Waals surface area (Å²) in [5.41, 5.74) is 3.38. The highest BCUT2D eigenvalue weighted by Crippen LogP contribution is 2.21. The van der Waals surface area contributed by atoms with Crippen molar-refractivity contribution in [2.24, 2.45) is 0 Å². The van der Waals surface area contributed by atoms with Crippen molar-refractivity contribution >= 4 is 5.91 Å². The quantitative estimate of drug-likeness (QED) is 0.739. The number of hydrogen-bond donors (Lipinski definition) is 1. The number of fused-ring (bicyclic) bond motifs is 1. The standard InChI is InChI=1S/C21H25N5O2/c1-2-20(27)19-11-18-15-24(9-6-10-26(18)23-19)21(28)17-12-22-25(14-17)13-16-7-4-3-5-8-16/h3-5,7-8,11-12,14,20,27H,2,6,9-10,13,15H2,1H3/t20-/m0/s1. The third-order valence-electron chi connectivity index (χ3n) is 5.12. The molecule has 1 aliphatic heterocycles. The highest BCUT2D eigenvalue weighted by molar-refractivity contribution is 5.93. The summed E-state index contributed by atoms with van der Waals surface area (Å²) in [6.07, 6.45) is 4.35. The predicted octanol–water partition coefficient (Wildman–Crippen LogP) is 2.62. The van der Waals surface area contributed by atoms with Crippen molar-refractivity contribution in [1.29, 1.82) is 0 Å². The van der Waals surface area contributed by atoms with E-state index in [0.29, 0.717) is 37.3 Å². The van der Waals surface area contributed by atoms with E-state index in [9.17, 15) is 9.90 Å². The number of aliphatic hydroxyl groups is 1. The van der Waals surface area contributed by atoms with Gasteiger partial charge in [-0.05, 0) is 24.5 Å². The fourth-order valence-corrected chi connectivity index (χ4v) is 3.54. The maximum atomic E-state index is 13.0. The molecule has 28 heavy (non-hydrogen) atoms. The molecule has 2 aromatic heterocycles. The normalized spacial score (nSPS) is 15.1. The molecule has 1 aliphatic rings. The zero-order chi connectivity index (χ0) is 19.5. The van der Waals surface area contributed by atoms with E-state index in [1.807, 2.05) is 59.1 Å². The maximum Gasteiger partial charge on any atom is 0.257 e. The number of carbonyl (C=O) groups is 1. The van der Waals surface area contributed by atoms with Crippen LogP contribution in [0.5, 0.6) is 0 Å². The maximum absolute atomic E-state index is 13.0. The average molecular weight is 379 g/mol. The Hall–Kier alpha value is -2.93. The zero-order valence-electron chi connectivity index (χ0n) is 16.0. The minimum atomic E-state index is -0.556. The summed E-state index contributed by atoms with van der Waals surface area (Å²) in [6, 6.07) is 12.0. The number of rotatable bonds is 5. The molecule has 1 atom stereocenters. The average Bonchev–Trinajstić information content (AvgIpc) is 3.29. The first-order valence-electron chi connectivity index (χ1n) is 9.74. The number of aliphatic hydroxyl groups excluding tert-OH is 1. The summed E-state index contributed by atoms with van der Waals surface area (Å²) < 4.78 is 3.71. The van der Waals surface area contributed by atoms with Crippen LogP contribution in [-0.4, -0.2) is 42.0 Å². The summed E-state index contributed by atoms with van der Waals surface area (Å²) in [5.74, 6) is -0.0217. The minimum Gasteiger partial charge on any atom is -0.387 e. The van der Waals surface area contributed by atoms with Crippen molar-refractivity contribution in [3.63, 3.8) is 0 Å². The van der Waals surface area contributed by atoms with E-state index >= 15 is 0 Å². The van der Waals surface area contributed by atoms with Crippen molar-refractivity contribution in [3.05, 3.63) is 71.3 Å². The Balaban J connectivity index is 1.48. The van der Waals surface area contributed by atoms with E-state index in [-0.39, 0.29) is 5.91 Å². The van der Waals surface area contributed by atoms with Crippen molar-refractivity contribution in [2.45, 2.75) is 45.5 Å². The molecule has 146 valence electrons. The number of aromatic nitrogens is 4. The molecule has 3 heterocycles. The van der Waals surface area contributed by atoms with Crippen molar-refractivity contribution in [1.82, 2.24) is 24.5 Å². The van der Waals surface area contributed by atoms with Crippen LogP contribution >= 0.6 is 0 Å². The molecule has 0 bridgehead atoms. The van der Waals surface area contributed by atoms with Crippen molar-refractivity contribution in [2.75, 3.05) is 6.54 Å². The van der Waals surface area contributed by atoms with Gasteiger partial charge in [-0.3, -0.25) is 14.2 Å². The molecular formula is C21H25N5O2. The second kappa shape index (κ2) is 7.98. The van der Waals surface area contributed by atoms with Gasteiger partial charge in [-0.2, -0.15) is 10.2 Å². The highest BCUT2D eigenvalue weighted by Gasteiger charge is 2.23. The molecule has 7 heteroatoms. The highest BCUT2D eigenvalue weighted by atomic mass is 16.3. The zero-order valence-corrected chi connectivity index (χ0v) is 16.0. The van der Waals surface area contributed by atoms with Crippen LogP contribution in [0.2, 0.25) is 0 Å². The fraction of sp³-hybridized carbons (Fsp3) is 0.381. The van der Waals surface area contributed by atoms with E-state index in [4.69, 9.17) is 0 Å². The largest absolute Gasteiger partial charge is 0.387 e. The number of aryl methyl sites for hydroxylation is 1. The van der Waals surface area contributed by atoms with E-state index in [0.717, 1.165) is 24.2 Å². The van der Waals surface area contributed by atoms with Gasteiger partial charge in [-0.1, -0.05) is 37.3 Å². The van der Waals surface area contributed by atoms with Gasteiger partial charge in [-0.25, -0.2) is 0 Å². The molecule has 0 unspecified atom stereocenters. The Kier molecular flexibility index (Phi) is 5.25. The van der Waals surface area contributed by atoms with Gasteiger partial charge in [0.1, 0.15) is 0 Å². The van der Waals surface area contributed by atoms with Crippen LogP contribution in [0.15, 0.2) is 48.8 Å². The number of hydrogen-bond acceptors (Lipinski definition) is 4. The van der Waals surface area contributed by atoms with E-state index < -0.39 is 6.10 Å². The van der Waals surface area contributed by atoms with Crippen LogP contribution in [-0.2, 0) is 19.6 Å². The molecule has 0 radical (unpaired) electrons. The lowest BCUT2D eigenvalue weighted by molar-refractivity contribution is 0.0745. The minimum absolute atomic E-state index is 0.0217. The molecule has 1 aromatic carbocycles. The molecular weight excluding hydrogens is 354 g/mol. The molecule has 0 saturated heterocycles. The van der Waals surface area contributed by atoms with Gasteiger partial charge < -0.3 is 10.0 Å². The van der Waals surface area contributed by atoms with Crippen LogP contribution in [0.1, 0.15) is 53.2 Å². The second-order valence-electron chi connectivity index (χ2n) is 7.20. The van der Waals surface area contributed by atoms with Crippen LogP contribution in [0, 0.1) is 0 Å². The Morgan fingerprint density at radius 2 is 2.07 bits per heavy atom. The number of amides is 1. The van der Waals surface area contributed by atoms with Gasteiger partial charge >= 0.3 is 0 Å². The predicted molar refractivity (Wildman–Crippen MR) is 105 cm³/mol. The van der Waals surface area contributed by atoms with E-state index in [2.05, 4.69) is 10.2 Å². The fourth-order valence-electron chi connectivity index (χ4n) is 3.54. The number of benzene rings is 1. The number of carbonyl (C=O) groups excluding carboxylic acids is 1. The van der Waals surface area contributed by atoms with Crippen LogP contribution < -0.4 is 0 Å². The summed E-state index contributed by atoms with van der Waals surface area (Å²) in [7, 11) is 0. The third kappa shape index (κ3) is 3.84. The van der Waals surface area contributed by atoms with Crippen LogP contribution in [0.25, 0.3) is 0 Å². The smallest absolute Gasteiger partial charge is 0.257 e. The summed E-state index contributed by atoms with van der Waals surface area (Å²) in [4.78, 5) is 14.9. The van der Waals surface area contributed by atoms with E-state index in [1.165, 1.54) is 0 Å². The molecule has 1 N–H and O–H groups in total. The lowest BCUT2D eigenvalue weighted by Crippen LogP contribution is -2.30. The molecule has 7 nitrogen and oxygen atoms in total. The Labute approximate surface area is 164 Å². The second-order valence-corrected chi connectivity index (χ2v) is 7.20. The summed E-state index contributed by atoms with van der Waals surface area (Å²) in [6.45, 7) is 4.49. The van der Waals surface area contributed by atoms with Gasteiger partial charge in [-0.15, -0.1) is 0 Å². The SMILES string of the molecule is CC[C@H](O)c1cc2n(n1)CCCN(C(=O)c1cnn(Cc3ccccc3)c1)C2. The first-order chi connectivity index (χ1) is 13.6. The van der Waals surface area contributed by atoms with Gasteiger partial charge in [0.2, 0.25) is 0 Å². The molecule has 0 spiro atoms. The third-order valence-corrected chi connectivity index (χ3v) is 5.12. The molecule has 0 saturated carbocycles. The molecule has 0 fully saturated rings. The summed E-state index contributed by atoms with van der Waals surface area (Å²) in [5, 5.41) is 18.9. The van der Waals surface area contributed by atoms with Crippen molar-refractivity contribution < 1.29 is 9.90 Å². The molecule has 3 aromatic rings.